The minimum absolute atomic E-state index is 0.510. The third kappa shape index (κ3) is 5.96. The number of nitrogens with one attached hydrogen (secondary N) is 1. The van der Waals surface area contributed by atoms with Crippen LogP contribution in [0.25, 0.3) is 0 Å². The lowest BCUT2D eigenvalue weighted by Crippen LogP contribution is -2.29. The predicted molar refractivity (Wildman–Crippen MR) is 109 cm³/mol. The SMILES string of the molecule is C=C/C=C(\C=C)CC/C=N/NC(=O)C(=O)c1c(CC)cc(C)cc1CC. The maximum Gasteiger partial charge on any atom is 0.312 e. The van der Waals surface area contributed by atoms with Crippen molar-refractivity contribution in [1.29, 1.82) is 0 Å². The van der Waals surface area contributed by atoms with Crippen molar-refractivity contribution in [3.05, 3.63) is 71.3 Å². The van der Waals surface area contributed by atoms with E-state index >= 15 is 0 Å². The van der Waals surface area contributed by atoms with E-state index in [1.165, 1.54) is 0 Å². The highest BCUT2D eigenvalue weighted by molar-refractivity contribution is 6.43. The fourth-order valence-corrected chi connectivity index (χ4v) is 2.76. The molecular formula is C22H28N2O2. The molecule has 0 aliphatic heterocycles. The Kier molecular flexibility index (Phi) is 8.99. The van der Waals surface area contributed by atoms with E-state index in [0.717, 1.165) is 28.7 Å². The zero-order chi connectivity index (χ0) is 19.5. The number of hydrazone groups is 1. The van der Waals surface area contributed by atoms with Gasteiger partial charge < -0.3 is 0 Å². The van der Waals surface area contributed by atoms with E-state index in [1.807, 2.05) is 39.0 Å². The van der Waals surface area contributed by atoms with Gasteiger partial charge in [-0.25, -0.2) is 5.43 Å². The van der Waals surface area contributed by atoms with E-state index in [1.54, 1.807) is 18.4 Å². The molecule has 0 spiro atoms. The van der Waals surface area contributed by atoms with E-state index in [2.05, 4.69) is 23.7 Å². The maximum atomic E-state index is 12.6. The first-order chi connectivity index (χ1) is 12.5. The minimum atomic E-state index is -0.708. The van der Waals surface area contributed by atoms with Crippen LogP contribution in [0, 0.1) is 6.92 Å². The lowest BCUT2D eigenvalue weighted by molar-refractivity contribution is -0.117. The molecule has 0 fully saturated rings. The maximum absolute atomic E-state index is 12.6. The van der Waals surface area contributed by atoms with Gasteiger partial charge in [0.25, 0.3) is 5.78 Å². The number of aryl methyl sites for hydroxylation is 3. The molecule has 138 valence electrons. The lowest BCUT2D eigenvalue weighted by atomic mass is 9.92. The zero-order valence-corrected chi connectivity index (χ0v) is 16.0. The molecule has 1 aromatic rings. The summed E-state index contributed by atoms with van der Waals surface area (Å²) in [6.45, 7) is 13.3. The van der Waals surface area contributed by atoms with E-state index < -0.39 is 11.7 Å². The van der Waals surface area contributed by atoms with Crippen molar-refractivity contribution in [2.75, 3.05) is 0 Å². The van der Waals surface area contributed by atoms with Crippen molar-refractivity contribution in [3.63, 3.8) is 0 Å². The fourth-order valence-electron chi connectivity index (χ4n) is 2.76. The van der Waals surface area contributed by atoms with Gasteiger partial charge in [-0.1, -0.05) is 62.9 Å². The van der Waals surface area contributed by atoms with Crippen molar-refractivity contribution < 1.29 is 9.59 Å². The Morgan fingerprint density at radius 3 is 2.27 bits per heavy atom. The number of amides is 1. The normalized spacial score (nSPS) is 11.4. The number of carbonyl (C=O) groups excluding carboxylic acids is 2. The van der Waals surface area contributed by atoms with Crippen LogP contribution in [-0.2, 0) is 17.6 Å². The first-order valence-electron chi connectivity index (χ1n) is 8.91. The molecule has 0 unspecified atom stereocenters. The number of Topliss-reactive ketones (excluding diaryl/α,β-unsaturated/α-hetero) is 1. The summed E-state index contributed by atoms with van der Waals surface area (Å²) in [6, 6.07) is 3.93. The smallest absolute Gasteiger partial charge is 0.283 e. The van der Waals surface area contributed by atoms with Gasteiger partial charge in [-0.2, -0.15) is 5.10 Å². The average Bonchev–Trinajstić information content (AvgIpc) is 2.65. The van der Waals surface area contributed by atoms with Gasteiger partial charge in [-0.05, 0) is 49.3 Å². The molecule has 0 aliphatic rings. The van der Waals surface area contributed by atoms with Gasteiger partial charge in [-0.3, -0.25) is 9.59 Å². The Morgan fingerprint density at radius 1 is 1.15 bits per heavy atom. The van der Waals surface area contributed by atoms with Gasteiger partial charge in [0.2, 0.25) is 0 Å². The summed E-state index contributed by atoms with van der Waals surface area (Å²) >= 11 is 0. The van der Waals surface area contributed by atoms with Gasteiger partial charge in [-0.15, -0.1) is 0 Å². The number of benzene rings is 1. The van der Waals surface area contributed by atoms with Gasteiger partial charge in [0.1, 0.15) is 0 Å². The third-order valence-corrected chi connectivity index (χ3v) is 4.05. The highest BCUT2D eigenvalue weighted by Gasteiger charge is 2.22. The van der Waals surface area contributed by atoms with Gasteiger partial charge in [0.05, 0.1) is 0 Å². The summed E-state index contributed by atoms with van der Waals surface area (Å²) in [5, 5.41) is 3.88. The Morgan fingerprint density at radius 2 is 1.77 bits per heavy atom. The number of carbonyl (C=O) groups is 2. The summed E-state index contributed by atoms with van der Waals surface area (Å²) in [7, 11) is 0. The van der Waals surface area contributed by atoms with Crippen molar-refractivity contribution in [3.8, 4) is 0 Å². The van der Waals surface area contributed by atoms with E-state index in [4.69, 9.17) is 0 Å². The highest BCUT2D eigenvalue weighted by atomic mass is 16.2. The number of ketones is 1. The topological polar surface area (TPSA) is 58.5 Å². The molecule has 26 heavy (non-hydrogen) atoms. The Labute approximate surface area is 156 Å². The molecule has 0 aromatic heterocycles. The van der Waals surface area contributed by atoms with Crippen LogP contribution in [0.3, 0.4) is 0 Å². The van der Waals surface area contributed by atoms with Crippen LogP contribution >= 0.6 is 0 Å². The van der Waals surface area contributed by atoms with E-state index in [9.17, 15) is 9.59 Å². The molecular weight excluding hydrogens is 324 g/mol. The van der Waals surface area contributed by atoms with E-state index in [0.29, 0.717) is 24.8 Å². The summed E-state index contributed by atoms with van der Waals surface area (Å²) in [4.78, 5) is 24.8. The van der Waals surface area contributed by atoms with Crippen LogP contribution in [0.15, 0.2) is 54.2 Å². The van der Waals surface area contributed by atoms with Crippen LogP contribution in [0.4, 0.5) is 0 Å². The summed E-state index contributed by atoms with van der Waals surface area (Å²) < 4.78 is 0. The molecule has 1 rings (SSSR count). The van der Waals surface area contributed by atoms with Crippen LogP contribution in [0.5, 0.6) is 0 Å². The van der Waals surface area contributed by atoms with Crippen molar-refractivity contribution in [2.24, 2.45) is 5.10 Å². The van der Waals surface area contributed by atoms with Crippen LogP contribution in [0.1, 0.15) is 53.7 Å². The minimum Gasteiger partial charge on any atom is -0.283 e. The van der Waals surface area contributed by atoms with Crippen LogP contribution < -0.4 is 5.43 Å². The van der Waals surface area contributed by atoms with Gasteiger partial charge in [0, 0.05) is 11.8 Å². The van der Waals surface area contributed by atoms with Crippen molar-refractivity contribution in [1.82, 2.24) is 5.43 Å². The summed E-state index contributed by atoms with van der Waals surface area (Å²) in [5.74, 6) is -1.24. The highest BCUT2D eigenvalue weighted by Crippen LogP contribution is 2.20. The molecule has 0 saturated carbocycles. The Bertz CT molecular complexity index is 718. The second-order valence-corrected chi connectivity index (χ2v) is 5.97. The molecule has 0 saturated heterocycles. The number of rotatable bonds is 10. The second-order valence-electron chi connectivity index (χ2n) is 5.97. The first kappa shape index (κ1) is 21.3. The quantitative estimate of drug-likeness (QED) is 0.222. The number of nitrogens with zero attached hydrogens (tertiary/aromatic N) is 1. The molecule has 1 aromatic carbocycles. The average molecular weight is 352 g/mol. The van der Waals surface area contributed by atoms with Gasteiger partial charge in [0.15, 0.2) is 0 Å². The molecule has 1 N–H and O–H groups in total. The second kappa shape index (κ2) is 11.0. The molecule has 0 radical (unpaired) electrons. The molecule has 0 atom stereocenters. The zero-order valence-electron chi connectivity index (χ0n) is 16.0. The monoisotopic (exact) mass is 352 g/mol. The number of hydrogen-bond donors (Lipinski definition) is 1. The molecule has 1 amide bonds. The summed E-state index contributed by atoms with van der Waals surface area (Å²) in [6.07, 6.45) is 9.69. The Hall–Kier alpha value is -2.75. The largest absolute Gasteiger partial charge is 0.312 e. The molecule has 4 heteroatoms. The van der Waals surface area contributed by atoms with Crippen molar-refractivity contribution >= 4 is 17.9 Å². The standard InChI is InChI=1S/C22H28N2O2/c1-6-11-17(7-2)12-10-13-23-24-22(26)21(25)20-18(8-3)14-16(5)15-19(20)9-4/h6-7,11,13-15H,1-2,8-10,12H2,3-5H3,(H,24,26)/b17-11+,23-13+. The van der Waals surface area contributed by atoms with E-state index in [-0.39, 0.29) is 0 Å². The molecule has 4 nitrogen and oxygen atoms in total. The molecule has 0 aliphatic carbocycles. The summed E-state index contributed by atoms with van der Waals surface area (Å²) in [5.41, 5.74) is 6.78. The number of hydrogen-bond acceptors (Lipinski definition) is 3. The Balaban J connectivity index is 2.78. The first-order valence-corrected chi connectivity index (χ1v) is 8.91. The predicted octanol–water partition coefficient (Wildman–Crippen LogP) is 4.48. The fraction of sp³-hybridized carbons (Fsp3) is 0.318. The van der Waals surface area contributed by atoms with Gasteiger partial charge >= 0.3 is 5.91 Å². The number of allylic oxidation sites excluding steroid dienone is 4. The molecule has 0 heterocycles. The lowest BCUT2D eigenvalue weighted by Gasteiger charge is -2.12. The molecule has 0 bridgehead atoms. The van der Waals surface area contributed by atoms with Crippen LogP contribution in [-0.4, -0.2) is 17.9 Å². The third-order valence-electron chi connectivity index (χ3n) is 4.05. The van der Waals surface area contributed by atoms with Crippen molar-refractivity contribution in [2.45, 2.75) is 46.5 Å². The van der Waals surface area contributed by atoms with Crippen LogP contribution in [0.2, 0.25) is 0 Å².